The van der Waals surface area contributed by atoms with Crippen LogP contribution in [-0.4, -0.2) is 15.3 Å². The number of halogens is 2. The Kier molecular flexibility index (Phi) is 5.35. The first-order chi connectivity index (χ1) is 10.1. The Balaban J connectivity index is 2.41. The first-order valence-electron chi connectivity index (χ1n) is 6.28. The molecule has 0 aliphatic carbocycles. The molecule has 0 saturated heterocycles. The minimum absolute atomic E-state index is 0.433. The van der Waals surface area contributed by atoms with Crippen LogP contribution in [0.4, 0.5) is 0 Å². The minimum Gasteiger partial charge on any atom is -0.323 e. The fraction of sp³-hybridized carbons (Fsp3) is 0.200. The summed E-state index contributed by atoms with van der Waals surface area (Å²) in [7, 11) is 1.93. The van der Waals surface area contributed by atoms with Gasteiger partial charge in [0.15, 0.2) is 5.16 Å². The molecule has 0 saturated carbocycles. The summed E-state index contributed by atoms with van der Waals surface area (Å²) in [6.07, 6.45) is 3.55. The molecule has 3 nitrogen and oxygen atoms in total. The third-order valence-electron chi connectivity index (χ3n) is 2.90. The Labute approximate surface area is 138 Å². The summed E-state index contributed by atoms with van der Waals surface area (Å²) in [6, 6.07) is 7.35. The van der Waals surface area contributed by atoms with Crippen LogP contribution in [0, 0.1) is 11.3 Å². The van der Waals surface area contributed by atoms with Crippen LogP contribution in [0.15, 0.2) is 29.6 Å². The number of nitriles is 1. The molecule has 0 atom stereocenters. The molecular weight excluding hydrogens is 325 g/mol. The zero-order valence-corrected chi connectivity index (χ0v) is 13.9. The zero-order valence-electron chi connectivity index (χ0n) is 11.6. The molecule has 2 aromatic rings. The molecule has 0 spiro atoms. The number of imidazole rings is 1. The van der Waals surface area contributed by atoms with E-state index in [4.69, 9.17) is 23.2 Å². The maximum absolute atomic E-state index is 9.37. The Morgan fingerprint density at radius 1 is 1.43 bits per heavy atom. The van der Waals surface area contributed by atoms with Crippen molar-refractivity contribution in [1.82, 2.24) is 9.55 Å². The number of allylic oxidation sites excluding steroid dienone is 1. The van der Waals surface area contributed by atoms with Gasteiger partial charge in [-0.15, -0.1) is 0 Å². The van der Waals surface area contributed by atoms with E-state index in [0.717, 1.165) is 22.2 Å². The van der Waals surface area contributed by atoms with Crippen LogP contribution < -0.4 is 0 Å². The minimum atomic E-state index is 0.433. The molecule has 108 valence electrons. The summed E-state index contributed by atoms with van der Waals surface area (Å²) in [5.41, 5.74) is 2.12. The average molecular weight is 338 g/mol. The second-order valence-corrected chi connectivity index (χ2v) is 6.30. The third kappa shape index (κ3) is 3.62. The highest BCUT2D eigenvalue weighted by Crippen LogP contribution is 2.27. The Morgan fingerprint density at radius 2 is 2.19 bits per heavy atom. The van der Waals surface area contributed by atoms with E-state index in [0.29, 0.717) is 15.6 Å². The standard InChI is InChI=1S/C15H13Cl2N3S/c1-3-21-15-19-9-12(20(15)2)6-11(8-18)10-4-5-13(16)14(17)7-10/h4-7,9H,3H2,1-2H3. The quantitative estimate of drug-likeness (QED) is 0.588. The van der Waals surface area contributed by atoms with Crippen LogP contribution in [0.5, 0.6) is 0 Å². The van der Waals surface area contributed by atoms with Crippen LogP contribution in [0.25, 0.3) is 11.6 Å². The van der Waals surface area contributed by atoms with Gasteiger partial charge in [-0.05, 0) is 29.5 Å². The van der Waals surface area contributed by atoms with E-state index in [2.05, 4.69) is 18.0 Å². The van der Waals surface area contributed by atoms with E-state index < -0.39 is 0 Å². The Bertz CT molecular complexity index is 729. The lowest BCUT2D eigenvalue weighted by Crippen LogP contribution is -1.94. The molecule has 2 rings (SSSR count). The summed E-state index contributed by atoms with van der Waals surface area (Å²) in [5, 5.41) is 11.2. The number of hydrogen-bond donors (Lipinski definition) is 0. The molecule has 0 unspecified atom stereocenters. The lowest BCUT2D eigenvalue weighted by atomic mass is 10.1. The number of hydrogen-bond acceptors (Lipinski definition) is 3. The summed E-state index contributed by atoms with van der Waals surface area (Å²) in [4.78, 5) is 4.34. The largest absolute Gasteiger partial charge is 0.323 e. The predicted molar refractivity (Wildman–Crippen MR) is 89.6 cm³/mol. The second kappa shape index (κ2) is 7.04. The van der Waals surface area contributed by atoms with Crippen molar-refractivity contribution in [3.05, 3.63) is 45.7 Å². The van der Waals surface area contributed by atoms with Crippen LogP contribution in [0.2, 0.25) is 10.0 Å². The first kappa shape index (κ1) is 16.0. The topological polar surface area (TPSA) is 41.6 Å². The summed E-state index contributed by atoms with van der Waals surface area (Å²) >= 11 is 13.6. The molecule has 0 amide bonds. The van der Waals surface area contributed by atoms with Gasteiger partial charge < -0.3 is 4.57 Å². The van der Waals surface area contributed by atoms with Gasteiger partial charge in [-0.3, -0.25) is 0 Å². The average Bonchev–Trinajstić information content (AvgIpc) is 2.81. The molecule has 6 heteroatoms. The molecule has 0 fully saturated rings. The Hall–Kier alpha value is -1.41. The summed E-state index contributed by atoms with van der Waals surface area (Å²) in [6.45, 7) is 2.07. The first-order valence-corrected chi connectivity index (χ1v) is 8.02. The molecule has 0 aliphatic heterocycles. The zero-order chi connectivity index (χ0) is 15.4. The molecule has 0 radical (unpaired) electrons. The van der Waals surface area contributed by atoms with E-state index in [1.807, 2.05) is 11.6 Å². The number of aromatic nitrogens is 2. The smallest absolute Gasteiger partial charge is 0.168 e. The highest BCUT2D eigenvalue weighted by Gasteiger charge is 2.08. The van der Waals surface area contributed by atoms with Crippen molar-refractivity contribution in [3.8, 4) is 6.07 Å². The van der Waals surface area contributed by atoms with Gasteiger partial charge in [-0.2, -0.15) is 5.26 Å². The molecule has 1 aromatic carbocycles. The maximum atomic E-state index is 9.37. The van der Waals surface area contributed by atoms with E-state index in [1.54, 1.807) is 42.2 Å². The van der Waals surface area contributed by atoms with Crippen LogP contribution in [0.1, 0.15) is 18.2 Å². The van der Waals surface area contributed by atoms with Gasteiger partial charge in [-0.1, -0.05) is 48.0 Å². The molecule has 0 aliphatic rings. The molecule has 1 heterocycles. The number of nitrogens with zero attached hydrogens (tertiary/aromatic N) is 3. The second-order valence-electron chi connectivity index (χ2n) is 4.26. The lowest BCUT2D eigenvalue weighted by Gasteiger charge is -2.04. The van der Waals surface area contributed by atoms with Gasteiger partial charge in [0.05, 0.1) is 33.6 Å². The lowest BCUT2D eigenvalue weighted by molar-refractivity contribution is 0.783. The summed E-state index contributed by atoms with van der Waals surface area (Å²) < 4.78 is 1.96. The maximum Gasteiger partial charge on any atom is 0.168 e. The van der Waals surface area contributed by atoms with Gasteiger partial charge in [-0.25, -0.2) is 4.98 Å². The normalized spacial score (nSPS) is 11.5. The van der Waals surface area contributed by atoms with Gasteiger partial charge in [0, 0.05) is 7.05 Å². The van der Waals surface area contributed by atoms with E-state index in [1.165, 1.54) is 0 Å². The molecule has 0 N–H and O–H groups in total. The third-order valence-corrected chi connectivity index (χ3v) is 4.56. The molecular formula is C15H13Cl2N3S. The van der Waals surface area contributed by atoms with E-state index >= 15 is 0 Å². The number of benzene rings is 1. The van der Waals surface area contributed by atoms with Crippen LogP contribution >= 0.6 is 35.0 Å². The van der Waals surface area contributed by atoms with Crippen molar-refractivity contribution < 1.29 is 0 Å². The molecule has 1 aromatic heterocycles. The number of thioether (sulfide) groups is 1. The van der Waals surface area contributed by atoms with E-state index in [9.17, 15) is 5.26 Å². The molecule has 21 heavy (non-hydrogen) atoms. The van der Waals surface area contributed by atoms with E-state index in [-0.39, 0.29) is 0 Å². The number of rotatable bonds is 4. The summed E-state index contributed by atoms with van der Waals surface area (Å²) in [5.74, 6) is 0.950. The van der Waals surface area contributed by atoms with Gasteiger partial charge in [0.1, 0.15) is 0 Å². The van der Waals surface area contributed by atoms with Gasteiger partial charge >= 0.3 is 0 Å². The van der Waals surface area contributed by atoms with Crippen molar-refractivity contribution in [2.45, 2.75) is 12.1 Å². The highest BCUT2D eigenvalue weighted by atomic mass is 35.5. The fourth-order valence-corrected chi connectivity index (χ4v) is 2.78. The fourth-order valence-electron chi connectivity index (χ4n) is 1.79. The van der Waals surface area contributed by atoms with Crippen molar-refractivity contribution >= 4 is 46.6 Å². The highest BCUT2D eigenvalue weighted by molar-refractivity contribution is 7.99. The molecule has 0 bridgehead atoms. The van der Waals surface area contributed by atoms with Crippen molar-refractivity contribution in [2.75, 3.05) is 5.75 Å². The Morgan fingerprint density at radius 3 is 2.81 bits per heavy atom. The van der Waals surface area contributed by atoms with Gasteiger partial charge in [0.25, 0.3) is 0 Å². The predicted octanol–water partition coefficient (Wildman–Crippen LogP) is 4.90. The monoisotopic (exact) mass is 337 g/mol. The van der Waals surface area contributed by atoms with Gasteiger partial charge in [0.2, 0.25) is 0 Å². The van der Waals surface area contributed by atoms with Crippen molar-refractivity contribution in [3.63, 3.8) is 0 Å². The van der Waals surface area contributed by atoms with Crippen molar-refractivity contribution in [2.24, 2.45) is 7.05 Å². The van der Waals surface area contributed by atoms with Crippen LogP contribution in [-0.2, 0) is 7.05 Å². The van der Waals surface area contributed by atoms with Crippen molar-refractivity contribution in [1.29, 1.82) is 5.26 Å². The SMILES string of the molecule is CCSc1ncc(C=C(C#N)c2ccc(Cl)c(Cl)c2)n1C. The van der Waals surface area contributed by atoms with Crippen LogP contribution in [0.3, 0.4) is 0 Å².